The van der Waals surface area contributed by atoms with Crippen molar-refractivity contribution in [1.82, 2.24) is 4.90 Å². The zero-order chi connectivity index (χ0) is 12.7. The molecule has 0 spiro atoms. The van der Waals surface area contributed by atoms with Crippen LogP contribution in [0.5, 0.6) is 0 Å². The van der Waals surface area contributed by atoms with E-state index in [1.165, 1.54) is 0 Å². The second-order valence-corrected chi connectivity index (χ2v) is 5.71. The molecule has 1 unspecified atom stereocenters. The smallest absolute Gasteiger partial charge is 0.289 e. The molecule has 1 aliphatic heterocycles. The third-order valence-corrected chi connectivity index (χ3v) is 4.33. The minimum Gasteiger partial charge on any atom is -0.456 e. The number of carbonyl (C=O) groups excluding carboxylic acids is 1. The number of hydrogen-bond donors (Lipinski definition) is 1. The number of amides is 1. The zero-order valence-corrected chi connectivity index (χ0v) is 10.8. The van der Waals surface area contributed by atoms with Gasteiger partial charge in [0.15, 0.2) is 5.76 Å². The number of aryl methyl sites for hydroxylation is 1. The number of nitrogens with two attached hydrogens (primary N) is 1. The van der Waals surface area contributed by atoms with Crippen LogP contribution in [0.2, 0.25) is 0 Å². The maximum absolute atomic E-state index is 12.3. The van der Waals surface area contributed by atoms with Gasteiger partial charge in [-0.05, 0) is 50.2 Å². The molecule has 2 fully saturated rings. The Hall–Kier alpha value is -1.29. The summed E-state index contributed by atoms with van der Waals surface area (Å²) < 4.78 is 5.42. The molecule has 3 atom stereocenters. The second-order valence-electron chi connectivity index (χ2n) is 5.71. The van der Waals surface area contributed by atoms with Gasteiger partial charge in [0, 0.05) is 19.1 Å². The van der Waals surface area contributed by atoms with E-state index in [0.29, 0.717) is 23.6 Å². The van der Waals surface area contributed by atoms with E-state index < -0.39 is 0 Å². The van der Waals surface area contributed by atoms with Crippen molar-refractivity contribution in [3.05, 3.63) is 23.7 Å². The van der Waals surface area contributed by atoms with Gasteiger partial charge in [0.2, 0.25) is 0 Å². The molecule has 18 heavy (non-hydrogen) atoms. The molecule has 0 radical (unpaired) electrons. The Kier molecular flexibility index (Phi) is 2.90. The molecule has 4 nitrogen and oxygen atoms in total. The summed E-state index contributed by atoms with van der Waals surface area (Å²) in [6, 6.07) is 3.93. The third-order valence-electron chi connectivity index (χ3n) is 4.33. The molecule has 98 valence electrons. The number of likely N-dealkylation sites (tertiary alicyclic amines) is 1. The van der Waals surface area contributed by atoms with Crippen LogP contribution >= 0.6 is 0 Å². The molecule has 2 heterocycles. The predicted octanol–water partition coefficient (Wildman–Crippen LogP) is 1.79. The molecule has 1 saturated carbocycles. The van der Waals surface area contributed by atoms with E-state index in [0.717, 1.165) is 38.1 Å². The maximum Gasteiger partial charge on any atom is 0.289 e. The van der Waals surface area contributed by atoms with Crippen LogP contribution in [-0.2, 0) is 0 Å². The number of fused-ring (bicyclic) bond motifs is 1. The summed E-state index contributed by atoms with van der Waals surface area (Å²) in [4.78, 5) is 14.2. The lowest BCUT2D eigenvalue weighted by atomic mass is 9.79. The number of hydrogen-bond acceptors (Lipinski definition) is 3. The van der Waals surface area contributed by atoms with Crippen LogP contribution < -0.4 is 5.73 Å². The van der Waals surface area contributed by atoms with Crippen molar-refractivity contribution < 1.29 is 9.21 Å². The van der Waals surface area contributed by atoms with Crippen molar-refractivity contribution in [2.45, 2.75) is 32.2 Å². The first kappa shape index (κ1) is 11.8. The van der Waals surface area contributed by atoms with Crippen LogP contribution in [0.3, 0.4) is 0 Å². The van der Waals surface area contributed by atoms with Crippen molar-refractivity contribution in [1.29, 1.82) is 0 Å². The lowest BCUT2D eigenvalue weighted by Crippen LogP contribution is -2.32. The first-order valence-corrected chi connectivity index (χ1v) is 6.75. The van der Waals surface area contributed by atoms with Gasteiger partial charge in [-0.1, -0.05) is 0 Å². The molecule has 1 amide bonds. The van der Waals surface area contributed by atoms with Gasteiger partial charge < -0.3 is 15.1 Å². The van der Waals surface area contributed by atoms with E-state index >= 15 is 0 Å². The van der Waals surface area contributed by atoms with Crippen LogP contribution in [0.1, 0.15) is 35.6 Å². The Morgan fingerprint density at radius 3 is 2.83 bits per heavy atom. The van der Waals surface area contributed by atoms with E-state index in [9.17, 15) is 4.79 Å². The summed E-state index contributed by atoms with van der Waals surface area (Å²) in [6.07, 6.45) is 3.32. The molecule has 4 heteroatoms. The van der Waals surface area contributed by atoms with Crippen LogP contribution in [0.4, 0.5) is 0 Å². The summed E-state index contributed by atoms with van der Waals surface area (Å²) in [5.74, 6) is 2.53. The predicted molar refractivity (Wildman–Crippen MR) is 68.2 cm³/mol. The highest BCUT2D eigenvalue weighted by molar-refractivity contribution is 5.91. The highest BCUT2D eigenvalue weighted by Crippen LogP contribution is 2.36. The number of carbonyl (C=O) groups is 1. The molecule has 2 aliphatic rings. The molecule has 1 aromatic heterocycles. The van der Waals surface area contributed by atoms with E-state index in [-0.39, 0.29) is 5.91 Å². The average molecular weight is 248 g/mol. The van der Waals surface area contributed by atoms with Crippen molar-refractivity contribution in [2.24, 2.45) is 17.6 Å². The van der Waals surface area contributed by atoms with Gasteiger partial charge in [-0.2, -0.15) is 0 Å². The first-order chi connectivity index (χ1) is 8.63. The molecular weight excluding hydrogens is 228 g/mol. The molecule has 1 saturated heterocycles. The third kappa shape index (κ3) is 2.05. The fourth-order valence-corrected chi connectivity index (χ4v) is 3.34. The van der Waals surface area contributed by atoms with E-state index in [4.69, 9.17) is 10.2 Å². The van der Waals surface area contributed by atoms with E-state index in [1.807, 2.05) is 17.9 Å². The molecule has 1 aromatic rings. The van der Waals surface area contributed by atoms with E-state index in [2.05, 4.69) is 0 Å². The van der Waals surface area contributed by atoms with Crippen LogP contribution in [0, 0.1) is 18.8 Å². The minimum absolute atomic E-state index is 0.0334. The maximum atomic E-state index is 12.3. The van der Waals surface area contributed by atoms with Gasteiger partial charge in [-0.15, -0.1) is 0 Å². The molecule has 1 aliphatic carbocycles. The number of rotatable bonds is 1. The summed E-state index contributed by atoms with van der Waals surface area (Å²) in [5, 5.41) is 0. The second kappa shape index (κ2) is 4.43. The SMILES string of the molecule is Cc1ccc(C(=O)N2C[C@H]3CCC(N)C[C@H]3C2)o1. The summed E-state index contributed by atoms with van der Waals surface area (Å²) >= 11 is 0. The standard InChI is InChI=1S/C14H20N2O2/c1-9-2-5-13(18-9)14(17)16-7-10-3-4-12(15)6-11(10)8-16/h2,5,10-12H,3-4,6-8,15H2,1H3/t10-,11+,12?/m1/s1. The average Bonchev–Trinajstić information content (AvgIpc) is 2.93. The molecule has 0 aromatic carbocycles. The molecule has 0 bridgehead atoms. The van der Waals surface area contributed by atoms with Gasteiger partial charge in [0.1, 0.15) is 5.76 Å². The summed E-state index contributed by atoms with van der Waals surface area (Å²) in [7, 11) is 0. The highest BCUT2D eigenvalue weighted by atomic mass is 16.3. The van der Waals surface area contributed by atoms with E-state index in [1.54, 1.807) is 6.07 Å². The first-order valence-electron chi connectivity index (χ1n) is 6.75. The lowest BCUT2D eigenvalue weighted by Gasteiger charge is -2.27. The Labute approximate surface area is 107 Å². The largest absolute Gasteiger partial charge is 0.456 e. The highest BCUT2D eigenvalue weighted by Gasteiger charge is 2.39. The zero-order valence-electron chi connectivity index (χ0n) is 10.8. The fourth-order valence-electron chi connectivity index (χ4n) is 3.34. The van der Waals surface area contributed by atoms with Gasteiger partial charge >= 0.3 is 0 Å². The Morgan fingerprint density at radius 1 is 1.33 bits per heavy atom. The Morgan fingerprint density at radius 2 is 2.11 bits per heavy atom. The van der Waals surface area contributed by atoms with Crippen molar-refractivity contribution in [3.8, 4) is 0 Å². The van der Waals surface area contributed by atoms with Crippen LogP contribution in [0.15, 0.2) is 16.5 Å². The number of nitrogens with zero attached hydrogens (tertiary/aromatic N) is 1. The number of furan rings is 1. The normalized spacial score (nSPS) is 31.4. The Bertz CT molecular complexity index is 454. The van der Waals surface area contributed by atoms with Gasteiger partial charge in [-0.3, -0.25) is 4.79 Å². The summed E-state index contributed by atoms with van der Waals surface area (Å²) in [6.45, 7) is 3.58. The molecule has 2 N–H and O–H groups in total. The van der Waals surface area contributed by atoms with Crippen LogP contribution in [0.25, 0.3) is 0 Å². The van der Waals surface area contributed by atoms with Crippen molar-refractivity contribution in [3.63, 3.8) is 0 Å². The molecular formula is C14H20N2O2. The minimum atomic E-state index is 0.0334. The monoisotopic (exact) mass is 248 g/mol. The van der Waals surface area contributed by atoms with Gasteiger partial charge in [0.05, 0.1) is 0 Å². The summed E-state index contributed by atoms with van der Waals surface area (Å²) in [5.41, 5.74) is 6.00. The lowest BCUT2D eigenvalue weighted by molar-refractivity contribution is 0.0751. The fraction of sp³-hybridized carbons (Fsp3) is 0.643. The van der Waals surface area contributed by atoms with Gasteiger partial charge in [-0.25, -0.2) is 0 Å². The van der Waals surface area contributed by atoms with Gasteiger partial charge in [0.25, 0.3) is 5.91 Å². The topological polar surface area (TPSA) is 59.5 Å². The van der Waals surface area contributed by atoms with Crippen molar-refractivity contribution >= 4 is 5.91 Å². The Balaban J connectivity index is 1.70. The molecule has 3 rings (SSSR count). The van der Waals surface area contributed by atoms with Crippen LogP contribution in [-0.4, -0.2) is 29.9 Å². The quantitative estimate of drug-likeness (QED) is 0.824. The van der Waals surface area contributed by atoms with Crippen molar-refractivity contribution in [2.75, 3.05) is 13.1 Å².